The fourth-order valence-corrected chi connectivity index (χ4v) is 2.65. The Morgan fingerprint density at radius 3 is 2.64 bits per heavy atom. The molecule has 1 aliphatic heterocycles. The van der Waals surface area contributed by atoms with Crippen molar-refractivity contribution in [1.82, 2.24) is 9.97 Å². The molecule has 9 heteroatoms. The van der Waals surface area contributed by atoms with Gasteiger partial charge in [-0.05, 0) is 32.4 Å². The molecular weight excluding hydrogens is 362 g/mol. The first-order valence-electron chi connectivity index (χ1n) is 9.06. The second-order valence-corrected chi connectivity index (χ2v) is 6.39. The first-order valence-corrected chi connectivity index (χ1v) is 9.06. The molecule has 2 heterocycles. The largest absolute Gasteiger partial charge is 0.486 e. The third-order valence-corrected chi connectivity index (χ3v) is 3.89. The standard InChI is InChI=1S/C19H23N5O4/c1-12-10-17(20-7-3-4-13(2)25)23-18(21-12)24-19(26)22-14-5-6-15-16(11-14)28-9-8-27-15/h5-6,10-11H,3-4,7-9H2,1-2H3,(H3,20,21,22,23,24,26). The van der Waals surface area contributed by atoms with Gasteiger partial charge in [0.25, 0.3) is 0 Å². The minimum Gasteiger partial charge on any atom is -0.486 e. The molecule has 148 valence electrons. The summed E-state index contributed by atoms with van der Waals surface area (Å²) in [5.74, 6) is 2.17. The number of aromatic nitrogens is 2. The van der Waals surface area contributed by atoms with Gasteiger partial charge in [0.15, 0.2) is 11.5 Å². The van der Waals surface area contributed by atoms with Crippen molar-refractivity contribution >= 4 is 29.3 Å². The van der Waals surface area contributed by atoms with Crippen LogP contribution in [-0.2, 0) is 4.79 Å². The lowest BCUT2D eigenvalue weighted by Crippen LogP contribution is -2.22. The van der Waals surface area contributed by atoms with E-state index in [1.54, 1.807) is 31.2 Å². The van der Waals surface area contributed by atoms with Gasteiger partial charge in [0.05, 0.1) is 0 Å². The second-order valence-electron chi connectivity index (χ2n) is 6.39. The molecular formula is C19H23N5O4. The van der Waals surface area contributed by atoms with E-state index in [4.69, 9.17) is 9.47 Å². The van der Waals surface area contributed by atoms with Crippen LogP contribution in [0.4, 0.5) is 22.2 Å². The third kappa shape index (κ3) is 5.57. The number of urea groups is 1. The van der Waals surface area contributed by atoms with E-state index >= 15 is 0 Å². The first kappa shape index (κ1) is 19.4. The number of aryl methyl sites for hydroxylation is 1. The van der Waals surface area contributed by atoms with E-state index in [1.165, 1.54) is 0 Å². The summed E-state index contributed by atoms with van der Waals surface area (Å²) < 4.78 is 11.0. The molecule has 2 aromatic rings. The number of benzene rings is 1. The van der Waals surface area contributed by atoms with Crippen LogP contribution in [0.25, 0.3) is 0 Å². The molecule has 0 radical (unpaired) electrons. The van der Waals surface area contributed by atoms with E-state index in [1.807, 2.05) is 6.92 Å². The van der Waals surface area contributed by atoms with Crippen LogP contribution in [0.15, 0.2) is 24.3 Å². The average Bonchev–Trinajstić information content (AvgIpc) is 2.64. The van der Waals surface area contributed by atoms with Crippen LogP contribution in [0.1, 0.15) is 25.5 Å². The number of ketones is 1. The van der Waals surface area contributed by atoms with E-state index in [0.717, 1.165) is 0 Å². The van der Waals surface area contributed by atoms with Gasteiger partial charge >= 0.3 is 6.03 Å². The number of hydrogen-bond donors (Lipinski definition) is 3. The minimum absolute atomic E-state index is 0.152. The van der Waals surface area contributed by atoms with E-state index in [-0.39, 0.29) is 11.7 Å². The molecule has 0 atom stereocenters. The number of rotatable bonds is 7. The lowest BCUT2D eigenvalue weighted by atomic mass is 10.2. The predicted molar refractivity (Wildman–Crippen MR) is 105 cm³/mol. The van der Waals surface area contributed by atoms with Gasteiger partial charge in [-0.25, -0.2) is 9.78 Å². The van der Waals surface area contributed by atoms with Crippen molar-refractivity contribution in [1.29, 1.82) is 0 Å². The Bertz CT molecular complexity index is 871. The number of hydrogen-bond acceptors (Lipinski definition) is 7. The summed E-state index contributed by atoms with van der Waals surface area (Å²) in [6.45, 7) is 4.97. The molecule has 0 saturated heterocycles. The summed E-state index contributed by atoms with van der Waals surface area (Å²) >= 11 is 0. The molecule has 28 heavy (non-hydrogen) atoms. The quantitative estimate of drug-likeness (QED) is 0.628. The van der Waals surface area contributed by atoms with Crippen molar-refractivity contribution in [2.24, 2.45) is 0 Å². The van der Waals surface area contributed by atoms with Crippen LogP contribution in [0.2, 0.25) is 0 Å². The number of nitrogens with one attached hydrogen (secondary N) is 3. The van der Waals surface area contributed by atoms with Gasteiger partial charge < -0.3 is 24.9 Å². The molecule has 0 unspecified atom stereocenters. The maximum absolute atomic E-state index is 12.3. The predicted octanol–water partition coefficient (Wildman–Crippen LogP) is 2.98. The Hall–Kier alpha value is -3.36. The fraction of sp³-hybridized carbons (Fsp3) is 0.368. The molecule has 3 rings (SSSR count). The van der Waals surface area contributed by atoms with Crippen LogP contribution in [0, 0.1) is 6.92 Å². The van der Waals surface area contributed by atoms with Crippen LogP contribution in [0.3, 0.4) is 0 Å². The lowest BCUT2D eigenvalue weighted by molar-refractivity contribution is -0.117. The first-order chi connectivity index (χ1) is 13.5. The average molecular weight is 385 g/mol. The fourth-order valence-electron chi connectivity index (χ4n) is 2.65. The van der Waals surface area contributed by atoms with Crippen LogP contribution in [-0.4, -0.2) is 41.5 Å². The van der Waals surface area contributed by atoms with E-state index in [0.29, 0.717) is 61.3 Å². The van der Waals surface area contributed by atoms with Gasteiger partial charge in [0.1, 0.15) is 24.8 Å². The molecule has 1 aliphatic rings. The van der Waals surface area contributed by atoms with Gasteiger partial charge in [0, 0.05) is 36.5 Å². The summed E-state index contributed by atoms with van der Waals surface area (Å²) in [6, 6.07) is 6.48. The minimum atomic E-state index is -0.468. The summed E-state index contributed by atoms with van der Waals surface area (Å²) in [5.41, 5.74) is 1.27. The van der Waals surface area contributed by atoms with Gasteiger partial charge in [0.2, 0.25) is 5.95 Å². The Labute approximate surface area is 162 Å². The molecule has 0 fully saturated rings. The Balaban J connectivity index is 1.58. The van der Waals surface area contributed by atoms with Gasteiger partial charge in [-0.2, -0.15) is 4.98 Å². The molecule has 2 amide bonds. The normalized spacial score (nSPS) is 12.2. The number of carbonyl (C=O) groups is 2. The zero-order valence-electron chi connectivity index (χ0n) is 15.9. The van der Waals surface area contributed by atoms with Gasteiger partial charge in [-0.15, -0.1) is 0 Å². The maximum Gasteiger partial charge on any atom is 0.326 e. The highest BCUT2D eigenvalue weighted by atomic mass is 16.6. The lowest BCUT2D eigenvalue weighted by Gasteiger charge is -2.19. The number of carbonyl (C=O) groups excluding carboxylic acids is 2. The molecule has 0 saturated carbocycles. The number of nitrogens with zero attached hydrogens (tertiary/aromatic N) is 2. The second kappa shape index (κ2) is 9.03. The Kier molecular flexibility index (Phi) is 6.25. The maximum atomic E-state index is 12.3. The van der Waals surface area contributed by atoms with Crippen LogP contribution >= 0.6 is 0 Å². The monoisotopic (exact) mass is 385 g/mol. The van der Waals surface area contributed by atoms with Crippen molar-refractivity contribution in [2.45, 2.75) is 26.7 Å². The van der Waals surface area contributed by atoms with E-state index in [9.17, 15) is 9.59 Å². The smallest absolute Gasteiger partial charge is 0.326 e. The van der Waals surface area contributed by atoms with Gasteiger partial charge in [-0.1, -0.05) is 0 Å². The highest BCUT2D eigenvalue weighted by Gasteiger charge is 2.13. The number of fused-ring (bicyclic) bond motifs is 1. The Morgan fingerprint density at radius 2 is 1.86 bits per heavy atom. The SMILES string of the molecule is CC(=O)CCCNc1cc(C)nc(NC(=O)Nc2ccc3c(c2)OCCO3)n1. The summed E-state index contributed by atoms with van der Waals surface area (Å²) in [7, 11) is 0. The van der Waals surface area contributed by atoms with Crippen molar-refractivity contribution in [3.8, 4) is 11.5 Å². The highest BCUT2D eigenvalue weighted by molar-refractivity contribution is 5.98. The molecule has 0 bridgehead atoms. The van der Waals surface area contributed by atoms with Crippen molar-refractivity contribution < 1.29 is 19.1 Å². The van der Waals surface area contributed by atoms with E-state index in [2.05, 4.69) is 25.9 Å². The molecule has 0 aliphatic carbocycles. The van der Waals surface area contributed by atoms with Crippen LogP contribution in [0.5, 0.6) is 11.5 Å². The van der Waals surface area contributed by atoms with Crippen molar-refractivity contribution in [2.75, 3.05) is 35.7 Å². The van der Waals surface area contributed by atoms with E-state index < -0.39 is 6.03 Å². The zero-order chi connectivity index (χ0) is 19.9. The summed E-state index contributed by atoms with van der Waals surface area (Å²) in [6.07, 6.45) is 1.23. The topological polar surface area (TPSA) is 114 Å². The summed E-state index contributed by atoms with van der Waals surface area (Å²) in [4.78, 5) is 31.8. The zero-order valence-corrected chi connectivity index (χ0v) is 15.9. The molecule has 1 aromatic heterocycles. The van der Waals surface area contributed by atoms with Crippen molar-refractivity contribution in [3.63, 3.8) is 0 Å². The molecule has 1 aromatic carbocycles. The van der Waals surface area contributed by atoms with Crippen molar-refractivity contribution in [3.05, 3.63) is 30.0 Å². The number of anilines is 3. The number of Topliss-reactive ketones (excluding diaryl/α,β-unsaturated/α-hetero) is 1. The summed E-state index contributed by atoms with van der Waals surface area (Å²) in [5, 5.41) is 8.48. The number of amides is 2. The van der Waals surface area contributed by atoms with Gasteiger partial charge in [-0.3, -0.25) is 5.32 Å². The molecule has 0 spiro atoms. The number of ether oxygens (including phenoxy) is 2. The highest BCUT2D eigenvalue weighted by Crippen LogP contribution is 2.32. The molecule has 9 nitrogen and oxygen atoms in total. The molecule has 3 N–H and O–H groups in total. The third-order valence-electron chi connectivity index (χ3n) is 3.89. The van der Waals surface area contributed by atoms with Crippen LogP contribution < -0.4 is 25.4 Å². The Morgan fingerprint density at radius 1 is 1.07 bits per heavy atom.